The third kappa shape index (κ3) is 2.72. The van der Waals surface area contributed by atoms with Crippen molar-refractivity contribution >= 4 is 11.3 Å². The van der Waals surface area contributed by atoms with E-state index in [1.165, 1.54) is 29.0 Å². The average molecular weight is 272 g/mol. The summed E-state index contributed by atoms with van der Waals surface area (Å²) in [5.41, 5.74) is 3.98. The normalized spacial score (nSPS) is 16.5. The third-order valence-corrected chi connectivity index (χ3v) is 4.58. The SMILES string of the molecule is CCNC(C)c1csc(-c2ccccc2C2CC2)n1. The summed E-state index contributed by atoms with van der Waals surface area (Å²) in [6.45, 7) is 5.29. The van der Waals surface area contributed by atoms with Crippen LogP contribution in [0.1, 0.15) is 49.9 Å². The van der Waals surface area contributed by atoms with Gasteiger partial charge in [-0.2, -0.15) is 0 Å². The second kappa shape index (κ2) is 5.43. The number of nitrogens with zero attached hydrogens (tertiary/aromatic N) is 1. The number of nitrogens with one attached hydrogen (secondary N) is 1. The number of hydrogen-bond acceptors (Lipinski definition) is 3. The molecule has 2 nitrogen and oxygen atoms in total. The van der Waals surface area contributed by atoms with Gasteiger partial charge in [0.15, 0.2) is 0 Å². The Morgan fingerprint density at radius 3 is 2.89 bits per heavy atom. The standard InChI is InChI=1S/C16H20N2S/c1-3-17-11(2)15-10-19-16(18-15)14-7-5-4-6-13(14)12-8-9-12/h4-7,10-12,17H,3,8-9H2,1-2H3. The maximum absolute atomic E-state index is 4.83. The van der Waals surface area contributed by atoms with E-state index >= 15 is 0 Å². The van der Waals surface area contributed by atoms with Gasteiger partial charge in [-0.15, -0.1) is 11.3 Å². The van der Waals surface area contributed by atoms with Crippen molar-refractivity contribution < 1.29 is 0 Å². The lowest BCUT2D eigenvalue weighted by atomic mass is 10.0. The molecule has 0 aliphatic heterocycles. The van der Waals surface area contributed by atoms with Gasteiger partial charge in [0.05, 0.1) is 5.69 Å². The van der Waals surface area contributed by atoms with Crippen LogP contribution in [-0.4, -0.2) is 11.5 Å². The summed E-state index contributed by atoms with van der Waals surface area (Å²) >= 11 is 1.77. The van der Waals surface area contributed by atoms with E-state index in [-0.39, 0.29) is 0 Å². The lowest BCUT2D eigenvalue weighted by Crippen LogP contribution is -2.17. The maximum atomic E-state index is 4.83. The van der Waals surface area contributed by atoms with Crippen molar-refractivity contribution in [1.82, 2.24) is 10.3 Å². The molecule has 1 fully saturated rings. The van der Waals surface area contributed by atoms with Crippen LogP contribution in [0.3, 0.4) is 0 Å². The molecule has 3 heteroatoms. The zero-order chi connectivity index (χ0) is 13.2. The minimum Gasteiger partial charge on any atom is -0.309 e. The molecule has 1 N–H and O–H groups in total. The minimum atomic E-state index is 0.336. The van der Waals surface area contributed by atoms with Crippen LogP contribution in [0.15, 0.2) is 29.6 Å². The molecule has 1 aliphatic rings. The molecular formula is C16H20N2S. The molecule has 1 heterocycles. The third-order valence-electron chi connectivity index (χ3n) is 3.68. The maximum Gasteiger partial charge on any atom is 0.123 e. The van der Waals surface area contributed by atoms with Gasteiger partial charge in [-0.25, -0.2) is 4.98 Å². The molecular weight excluding hydrogens is 252 g/mol. The van der Waals surface area contributed by atoms with Crippen LogP contribution in [0, 0.1) is 0 Å². The van der Waals surface area contributed by atoms with E-state index in [9.17, 15) is 0 Å². The van der Waals surface area contributed by atoms with Crippen LogP contribution in [-0.2, 0) is 0 Å². The van der Waals surface area contributed by atoms with Crippen LogP contribution >= 0.6 is 11.3 Å². The molecule has 3 rings (SSSR count). The van der Waals surface area contributed by atoms with E-state index in [0.717, 1.165) is 18.2 Å². The highest BCUT2D eigenvalue weighted by Gasteiger charge is 2.26. The second-order valence-electron chi connectivity index (χ2n) is 5.22. The number of aromatic nitrogens is 1. The fourth-order valence-electron chi connectivity index (χ4n) is 2.46. The second-order valence-corrected chi connectivity index (χ2v) is 6.08. The lowest BCUT2D eigenvalue weighted by Gasteiger charge is -2.09. The Labute approximate surface area is 118 Å². The first-order chi connectivity index (χ1) is 9.29. The predicted molar refractivity (Wildman–Crippen MR) is 81.6 cm³/mol. The molecule has 19 heavy (non-hydrogen) atoms. The monoisotopic (exact) mass is 272 g/mol. The van der Waals surface area contributed by atoms with Gasteiger partial charge < -0.3 is 5.32 Å². The first-order valence-electron chi connectivity index (χ1n) is 7.07. The summed E-state index contributed by atoms with van der Waals surface area (Å²) in [6, 6.07) is 9.09. The number of hydrogen-bond donors (Lipinski definition) is 1. The van der Waals surface area contributed by atoms with Crippen molar-refractivity contribution in [1.29, 1.82) is 0 Å². The van der Waals surface area contributed by atoms with Crippen molar-refractivity contribution in [3.05, 3.63) is 40.9 Å². The average Bonchev–Trinajstić information content (AvgIpc) is 3.16. The summed E-state index contributed by atoms with van der Waals surface area (Å²) in [5, 5.41) is 6.78. The Morgan fingerprint density at radius 1 is 1.37 bits per heavy atom. The molecule has 0 spiro atoms. The molecule has 1 aromatic carbocycles. The number of rotatable bonds is 5. The van der Waals surface area contributed by atoms with Crippen molar-refractivity contribution in [2.24, 2.45) is 0 Å². The van der Waals surface area contributed by atoms with Gasteiger partial charge in [-0.05, 0) is 37.8 Å². The highest BCUT2D eigenvalue weighted by molar-refractivity contribution is 7.13. The molecule has 1 unspecified atom stereocenters. The van der Waals surface area contributed by atoms with E-state index in [0.29, 0.717) is 6.04 Å². The van der Waals surface area contributed by atoms with Gasteiger partial charge in [0.2, 0.25) is 0 Å². The number of benzene rings is 1. The summed E-state index contributed by atoms with van der Waals surface area (Å²) in [6.07, 6.45) is 2.67. The van der Waals surface area contributed by atoms with E-state index in [1.807, 2.05) is 0 Å². The molecule has 0 bridgehead atoms. The van der Waals surface area contributed by atoms with E-state index in [1.54, 1.807) is 11.3 Å². The van der Waals surface area contributed by atoms with Crippen LogP contribution in [0.25, 0.3) is 10.6 Å². The Morgan fingerprint density at radius 2 is 2.16 bits per heavy atom. The Balaban J connectivity index is 1.90. The van der Waals surface area contributed by atoms with Crippen molar-refractivity contribution in [3.63, 3.8) is 0 Å². The molecule has 100 valence electrons. The van der Waals surface area contributed by atoms with Crippen LogP contribution < -0.4 is 5.32 Å². The molecule has 2 aromatic rings. The zero-order valence-corrected chi connectivity index (χ0v) is 12.3. The Bertz CT molecular complexity index is 557. The van der Waals surface area contributed by atoms with Crippen molar-refractivity contribution in [2.75, 3.05) is 6.54 Å². The van der Waals surface area contributed by atoms with Gasteiger partial charge in [-0.1, -0.05) is 31.2 Å². The largest absolute Gasteiger partial charge is 0.309 e. The van der Waals surface area contributed by atoms with Gasteiger partial charge in [0.25, 0.3) is 0 Å². The Hall–Kier alpha value is -1.19. The molecule has 1 atom stereocenters. The highest BCUT2D eigenvalue weighted by Crippen LogP contribution is 2.44. The topological polar surface area (TPSA) is 24.9 Å². The van der Waals surface area contributed by atoms with E-state index < -0.39 is 0 Å². The van der Waals surface area contributed by atoms with Crippen LogP contribution in [0.5, 0.6) is 0 Å². The first kappa shape index (κ1) is 12.8. The van der Waals surface area contributed by atoms with Crippen molar-refractivity contribution in [2.45, 2.75) is 38.6 Å². The summed E-state index contributed by atoms with van der Waals surface area (Å²) in [5.74, 6) is 0.773. The van der Waals surface area contributed by atoms with E-state index in [4.69, 9.17) is 4.98 Å². The predicted octanol–water partition coefficient (Wildman–Crippen LogP) is 4.36. The minimum absolute atomic E-state index is 0.336. The zero-order valence-electron chi connectivity index (χ0n) is 11.5. The molecule has 0 saturated heterocycles. The van der Waals surface area contributed by atoms with Gasteiger partial charge in [0, 0.05) is 17.0 Å². The lowest BCUT2D eigenvalue weighted by molar-refractivity contribution is 0.587. The molecule has 1 aromatic heterocycles. The van der Waals surface area contributed by atoms with Crippen LogP contribution in [0.4, 0.5) is 0 Å². The van der Waals surface area contributed by atoms with Gasteiger partial charge >= 0.3 is 0 Å². The molecule has 1 aliphatic carbocycles. The molecule has 0 amide bonds. The highest BCUT2D eigenvalue weighted by atomic mass is 32.1. The van der Waals surface area contributed by atoms with Crippen LogP contribution in [0.2, 0.25) is 0 Å². The Kier molecular flexibility index (Phi) is 3.67. The summed E-state index contributed by atoms with van der Waals surface area (Å²) in [7, 11) is 0. The van der Waals surface area contributed by atoms with Gasteiger partial charge in [0.1, 0.15) is 5.01 Å². The van der Waals surface area contributed by atoms with Gasteiger partial charge in [-0.3, -0.25) is 0 Å². The fourth-order valence-corrected chi connectivity index (χ4v) is 3.42. The number of thiazole rings is 1. The first-order valence-corrected chi connectivity index (χ1v) is 7.95. The fraction of sp³-hybridized carbons (Fsp3) is 0.438. The molecule has 0 radical (unpaired) electrons. The van der Waals surface area contributed by atoms with E-state index in [2.05, 4.69) is 48.8 Å². The smallest absolute Gasteiger partial charge is 0.123 e. The summed E-state index contributed by atoms with van der Waals surface area (Å²) < 4.78 is 0. The molecule has 1 saturated carbocycles. The summed E-state index contributed by atoms with van der Waals surface area (Å²) in [4.78, 5) is 4.83. The van der Waals surface area contributed by atoms with Crippen molar-refractivity contribution in [3.8, 4) is 10.6 Å². The quantitative estimate of drug-likeness (QED) is 0.875.